The van der Waals surface area contributed by atoms with Crippen LogP contribution in [0, 0.1) is 0 Å². The predicted molar refractivity (Wildman–Crippen MR) is 67.1 cm³/mol. The average molecular weight is 241 g/mol. The number of hydrogen-bond acceptors (Lipinski definition) is 4. The number of carbonyl (C=O) groups is 1. The van der Waals surface area contributed by atoms with Crippen LogP contribution in [0.3, 0.4) is 0 Å². The summed E-state index contributed by atoms with van der Waals surface area (Å²) in [5.41, 5.74) is 0. The summed E-state index contributed by atoms with van der Waals surface area (Å²) in [7, 11) is 0. The normalized spacial score (nSPS) is 10.9. The third-order valence-corrected chi connectivity index (χ3v) is 3.45. The van der Waals surface area contributed by atoms with Gasteiger partial charge < -0.3 is 10.0 Å². The number of Topliss-reactive ketones (excluding diaryl/α,β-unsaturated/α-hetero) is 1. The Morgan fingerprint density at radius 3 is 2.88 bits per heavy atom. The number of ketones is 1. The molecule has 1 aromatic rings. The maximum Gasteiger partial charge on any atom is 0.172 e. The van der Waals surface area contributed by atoms with Crippen LogP contribution in [0.15, 0.2) is 17.5 Å². The average Bonchev–Trinajstić information content (AvgIpc) is 2.81. The molecule has 0 bridgehead atoms. The molecular formula is C12H19NO2S. The monoisotopic (exact) mass is 241 g/mol. The van der Waals surface area contributed by atoms with Crippen LogP contribution in [-0.4, -0.2) is 42.0 Å². The number of aliphatic hydroxyl groups excluding tert-OH is 1. The fourth-order valence-corrected chi connectivity index (χ4v) is 2.29. The van der Waals surface area contributed by atoms with Gasteiger partial charge in [-0.2, -0.15) is 0 Å². The van der Waals surface area contributed by atoms with Crippen LogP contribution in [0.1, 0.15) is 29.4 Å². The van der Waals surface area contributed by atoms with Crippen LogP contribution in [0.2, 0.25) is 0 Å². The van der Waals surface area contributed by atoms with E-state index in [1.807, 2.05) is 17.5 Å². The molecule has 1 N–H and O–H groups in total. The number of hydrogen-bond donors (Lipinski definition) is 1. The van der Waals surface area contributed by atoms with E-state index in [1.54, 1.807) is 0 Å². The zero-order valence-corrected chi connectivity index (χ0v) is 10.5. The summed E-state index contributed by atoms with van der Waals surface area (Å²) in [6.45, 7) is 4.76. The molecular weight excluding hydrogens is 222 g/mol. The fourth-order valence-electron chi connectivity index (χ4n) is 1.59. The molecule has 4 heteroatoms. The molecule has 3 nitrogen and oxygen atoms in total. The van der Waals surface area contributed by atoms with Gasteiger partial charge in [-0.05, 0) is 31.0 Å². The minimum atomic E-state index is 0.187. The highest BCUT2D eigenvalue weighted by Gasteiger charge is 2.07. The van der Waals surface area contributed by atoms with E-state index >= 15 is 0 Å². The van der Waals surface area contributed by atoms with Crippen LogP contribution in [-0.2, 0) is 0 Å². The van der Waals surface area contributed by atoms with E-state index in [9.17, 15) is 4.79 Å². The Balaban J connectivity index is 2.22. The molecule has 0 saturated carbocycles. The Labute approximate surface area is 101 Å². The van der Waals surface area contributed by atoms with Gasteiger partial charge in [0.1, 0.15) is 0 Å². The SMILES string of the molecule is CCN(CCO)CCCC(=O)c1cccs1. The van der Waals surface area contributed by atoms with Gasteiger partial charge >= 0.3 is 0 Å². The molecule has 0 spiro atoms. The van der Waals surface area contributed by atoms with E-state index in [2.05, 4.69) is 11.8 Å². The van der Waals surface area contributed by atoms with Crippen molar-refractivity contribution < 1.29 is 9.90 Å². The first-order chi connectivity index (χ1) is 7.77. The summed E-state index contributed by atoms with van der Waals surface area (Å²) in [5.74, 6) is 0.232. The Kier molecular flexibility index (Phi) is 6.30. The molecule has 16 heavy (non-hydrogen) atoms. The van der Waals surface area contributed by atoms with Crippen molar-refractivity contribution in [2.75, 3.05) is 26.2 Å². The molecule has 0 unspecified atom stereocenters. The first-order valence-electron chi connectivity index (χ1n) is 5.67. The van der Waals surface area contributed by atoms with Crippen molar-refractivity contribution >= 4 is 17.1 Å². The number of likely N-dealkylation sites (N-methyl/N-ethyl adjacent to an activating group) is 1. The zero-order chi connectivity index (χ0) is 11.8. The first kappa shape index (κ1) is 13.4. The molecule has 0 aromatic carbocycles. The van der Waals surface area contributed by atoms with Crippen LogP contribution in [0.25, 0.3) is 0 Å². The quantitative estimate of drug-likeness (QED) is 0.708. The van der Waals surface area contributed by atoms with Gasteiger partial charge in [-0.1, -0.05) is 13.0 Å². The van der Waals surface area contributed by atoms with Gasteiger partial charge in [0.25, 0.3) is 0 Å². The van der Waals surface area contributed by atoms with Crippen molar-refractivity contribution in [1.29, 1.82) is 0 Å². The summed E-state index contributed by atoms with van der Waals surface area (Å²) in [5, 5.41) is 10.7. The topological polar surface area (TPSA) is 40.5 Å². The van der Waals surface area contributed by atoms with Gasteiger partial charge in [0.15, 0.2) is 5.78 Å². The summed E-state index contributed by atoms with van der Waals surface area (Å²) in [6.07, 6.45) is 1.47. The van der Waals surface area contributed by atoms with Crippen molar-refractivity contribution in [2.24, 2.45) is 0 Å². The summed E-state index contributed by atoms with van der Waals surface area (Å²) < 4.78 is 0. The number of thiophene rings is 1. The van der Waals surface area contributed by atoms with E-state index in [4.69, 9.17) is 5.11 Å². The molecule has 0 aliphatic heterocycles. The highest BCUT2D eigenvalue weighted by atomic mass is 32.1. The molecule has 0 fully saturated rings. The molecule has 0 radical (unpaired) electrons. The van der Waals surface area contributed by atoms with Crippen LogP contribution in [0.4, 0.5) is 0 Å². The van der Waals surface area contributed by atoms with E-state index in [1.165, 1.54) is 11.3 Å². The number of aliphatic hydroxyl groups is 1. The second kappa shape index (κ2) is 7.54. The van der Waals surface area contributed by atoms with Crippen LogP contribution in [0.5, 0.6) is 0 Å². The van der Waals surface area contributed by atoms with Gasteiger partial charge in [0, 0.05) is 13.0 Å². The highest BCUT2D eigenvalue weighted by Crippen LogP contribution is 2.12. The molecule has 1 aromatic heterocycles. The Hall–Kier alpha value is -0.710. The summed E-state index contributed by atoms with van der Waals surface area (Å²) >= 11 is 1.50. The standard InChI is InChI=1S/C12H19NO2S/c1-2-13(8-9-14)7-3-5-11(15)12-6-4-10-16-12/h4,6,10,14H,2-3,5,7-9H2,1H3. The maximum absolute atomic E-state index is 11.7. The van der Waals surface area contributed by atoms with Crippen molar-refractivity contribution in [3.8, 4) is 0 Å². The van der Waals surface area contributed by atoms with Gasteiger partial charge in [0.05, 0.1) is 11.5 Å². The lowest BCUT2D eigenvalue weighted by Gasteiger charge is -2.18. The molecule has 1 heterocycles. The lowest BCUT2D eigenvalue weighted by atomic mass is 10.2. The molecule has 1 rings (SSSR count). The Morgan fingerprint density at radius 2 is 2.31 bits per heavy atom. The molecule has 0 amide bonds. The minimum absolute atomic E-state index is 0.187. The van der Waals surface area contributed by atoms with Crippen molar-refractivity contribution in [3.63, 3.8) is 0 Å². The second-order valence-corrected chi connectivity index (χ2v) is 4.61. The minimum Gasteiger partial charge on any atom is -0.395 e. The smallest absolute Gasteiger partial charge is 0.172 e. The number of rotatable bonds is 8. The second-order valence-electron chi connectivity index (χ2n) is 3.66. The molecule has 90 valence electrons. The van der Waals surface area contributed by atoms with E-state index < -0.39 is 0 Å². The lowest BCUT2D eigenvalue weighted by molar-refractivity contribution is 0.0977. The van der Waals surface area contributed by atoms with Crippen molar-refractivity contribution in [1.82, 2.24) is 4.90 Å². The van der Waals surface area contributed by atoms with E-state index in [0.717, 1.165) is 24.4 Å². The molecule has 0 saturated heterocycles. The van der Waals surface area contributed by atoms with Gasteiger partial charge in [-0.25, -0.2) is 0 Å². The van der Waals surface area contributed by atoms with Gasteiger partial charge in [0.2, 0.25) is 0 Å². The highest BCUT2D eigenvalue weighted by molar-refractivity contribution is 7.12. The molecule has 0 atom stereocenters. The van der Waals surface area contributed by atoms with Crippen LogP contribution < -0.4 is 0 Å². The molecule has 0 aliphatic carbocycles. The largest absolute Gasteiger partial charge is 0.395 e. The third-order valence-electron chi connectivity index (χ3n) is 2.54. The number of carbonyl (C=O) groups excluding carboxylic acids is 1. The first-order valence-corrected chi connectivity index (χ1v) is 6.55. The maximum atomic E-state index is 11.7. The lowest BCUT2D eigenvalue weighted by Crippen LogP contribution is -2.28. The fraction of sp³-hybridized carbons (Fsp3) is 0.583. The van der Waals surface area contributed by atoms with E-state index in [0.29, 0.717) is 13.0 Å². The predicted octanol–water partition coefficient (Wildman–Crippen LogP) is 2.03. The van der Waals surface area contributed by atoms with Gasteiger partial charge in [-0.3, -0.25) is 4.79 Å². The zero-order valence-electron chi connectivity index (χ0n) is 9.69. The Bertz CT molecular complexity index is 298. The Morgan fingerprint density at radius 1 is 1.50 bits per heavy atom. The van der Waals surface area contributed by atoms with Crippen molar-refractivity contribution in [3.05, 3.63) is 22.4 Å². The summed E-state index contributed by atoms with van der Waals surface area (Å²) in [4.78, 5) is 14.7. The third kappa shape index (κ3) is 4.43. The number of nitrogens with zero attached hydrogens (tertiary/aromatic N) is 1. The van der Waals surface area contributed by atoms with Gasteiger partial charge in [-0.15, -0.1) is 11.3 Å². The van der Waals surface area contributed by atoms with Crippen molar-refractivity contribution in [2.45, 2.75) is 19.8 Å². The van der Waals surface area contributed by atoms with E-state index in [-0.39, 0.29) is 12.4 Å². The van der Waals surface area contributed by atoms with Crippen LogP contribution >= 0.6 is 11.3 Å². The summed E-state index contributed by atoms with van der Waals surface area (Å²) in [6, 6.07) is 3.78. The molecule has 0 aliphatic rings.